The van der Waals surface area contributed by atoms with Gasteiger partial charge in [0.1, 0.15) is 6.61 Å². The van der Waals surface area contributed by atoms with Gasteiger partial charge in [-0.1, -0.05) is 64.6 Å². The topological polar surface area (TPSA) is 49.8 Å². The predicted octanol–water partition coefficient (Wildman–Crippen LogP) is 5.74. The lowest BCUT2D eigenvalue weighted by Crippen LogP contribution is -2.38. The molecule has 1 aliphatic heterocycles. The molecule has 1 saturated heterocycles. The molecule has 2 heterocycles. The molecule has 0 saturated carbocycles. The normalized spacial score (nSPS) is 19.4. The van der Waals surface area contributed by atoms with Crippen molar-refractivity contribution >= 4 is 57.8 Å². The van der Waals surface area contributed by atoms with Gasteiger partial charge in [-0.05, 0) is 46.6 Å². The van der Waals surface area contributed by atoms with Crippen LogP contribution in [0.5, 0.6) is 0 Å². The molecule has 4 nitrogen and oxygen atoms in total. The van der Waals surface area contributed by atoms with Crippen LogP contribution in [0.15, 0.2) is 41.3 Å². The maximum atomic E-state index is 12.3. The second-order valence-corrected chi connectivity index (χ2v) is 10.7. The van der Waals surface area contributed by atoms with E-state index in [1.165, 1.54) is 16.7 Å². The number of nitrogens with zero attached hydrogens (tertiary/aromatic N) is 1. The molecule has 1 aromatic heterocycles. The zero-order chi connectivity index (χ0) is 20.6. The van der Waals surface area contributed by atoms with E-state index in [-0.39, 0.29) is 6.61 Å². The summed E-state index contributed by atoms with van der Waals surface area (Å²) in [4.78, 5) is 14.9. The number of hydrogen-bond donors (Lipinski definition) is 1. The lowest BCUT2D eigenvalue weighted by molar-refractivity contribution is 0.101. The summed E-state index contributed by atoms with van der Waals surface area (Å²) in [6, 6.07) is 10.3. The van der Waals surface area contributed by atoms with Crippen molar-refractivity contribution in [1.29, 1.82) is 0 Å². The maximum Gasteiger partial charge on any atom is 0.409 e. The molecule has 1 aromatic carbocycles. The van der Waals surface area contributed by atoms with Gasteiger partial charge in [-0.2, -0.15) is 0 Å². The van der Waals surface area contributed by atoms with Crippen molar-refractivity contribution in [2.24, 2.45) is 0 Å². The Morgan fingerprint density at radius 1 is 1.17 bits per heavy atom. The van der Waals surface area contributed by atoms with E-state index in [1.807, 2.05) is 17.5 Å². The molecule has 0 radical (unpaired) electrons. The fraction of sp³-hybridized carbons (Fsp3) is 0.381. The van der Waals surface area contributed by atoms with Crippen LogP contribution in [0.1, 0.15) is 40.5 Å². The number of carbonyl (C=O) groups excluding carboxylic acids is 1. The van der Waals surface area contributed by atoms with Crippen molar-refractivity contribution in [3.63, 3.8) is 0 Å². The molecule has 29 heavy (non-hydrogen) atoms. The van der Waals surface area contributed by atoms with Crippen LogP contribution in [0.25, 0.3) is 5.57 Å². The second-order valence-electron chi connectivity index (χ2n) is 7.21. The molecular weight excluding hydrogens is 453 g/mol. The summed E-state index contributed by atoms with van der Waals surface area (Å²) in [6.07, 6.45) is 1.11. The standard InChI is InChI=1S/C21H20Cl3NO3S/c22-21(23,24)12-28-20(27)25-8-5-13(6-9-25)18-15-4-2-1-3-14(15)11-17(26)19-16(18)7-10-29-19/h1-4,7,10,17,26H,5-6,8-9,11-12H2/t17-/m1/s1. The van der Waals surface area contributed by atoms with E-state index in [4.69, 9.17) is 39.5 Å². The number of hydrogen-bond acceptors (Lipinski definition) is 4. The van der Waals surface area contributed by atoms with Crippen LogP contribution in [0.4, 0.5) is 4.79 Å². The third-order valence-corrected chi connectivity index (χ3v) is 6.65. The summed E-state index contributed by atoms with van der Waals surface area (Å²) in [5.41, 5.74) is 5.91. The van der Waals surface area contributed by atoms with Gasteiger partial charge in [-0.3, -0.25) is 0 Å². The number of alkyl halides is 3. The Morgan fingerprint density at radius 3 is 2.62 bits per heavy atom. The molecule has 154 valence electrons. The summed E-state index contributed by atoms with van der Waals surface area (Å²) in [5, 5.41) is 12.8. The average Bonchev–Trinajstić information content (AvgIpc) is 3.13. The molecule has 1 aliphatic carbocycles. The Hall–Kier alpha value is -1.24. The number of rotatable bonds is 1. The first-order chi connectivity index (χ1) is 13.8. The number of aliphatic hydroxyl groups is 1. The molecular formula is C21H20Cl3NO3S. The molecule has 0 unspecified atom stereocenters. The number of carbonyl (C=O) groups is 1. The van der Waals surface area contributed by atoms with Gasteiger partial charge in [-0.15, -0.1) is 11.3 Å². The van der Waals surface area contributed by atoms with E-state index in [1.54, 1.807) is 16.2 Å². The number of amides is 1. The minimum absolute atomic E-state index is 0.273. The molecule has 1 fully saturated rings. The smallest absolute Gasteiger partial charge is 0.409 e. The first-order valence-electron chi connectivity index (χ1n) is 9.38. The van der Waals surface area contributed by atoms with Crippen molar-refractivity contribution < 1.29 is 14.6 Å². The Labute approximate surface area is 188 Å². The van der Waals surface area contributed by atoms with Crippen LogP contribution >= 0.6 is 46.1 Å². The first-order valence-corrected chi connectivity index (χ1v) is 11.4. The fourth-order valence-corrected chi connectivity index (χ4v) is 5.05. The lowest BCUT2D eigenvalue weighted by atomic mass is 9.88. The second kappa shape index (κ2) is 8.48. The Morgan fingerprint density at radius 2 is 1.90 bits per heavy atom. The van der Waals surface area contributed by atoms with Gasteiger partial charge in [0.25, 0.3) is 0 Å². The van der Waals surface area contributed by atoms with Crippen LogP contribution in [0, 0.1) is 0 Å². The molecule has 8 heteroatoms. The molecule has 4 rings (SSSR count). The minimum Gasteiger partial charge on any atom is -0.445 e. The number of fused-ring (bicyclic) bond motifs is 2. The zero-order valence-electron chi connectivity index (χ0n) is 15.5. The highest BCUT2D eigenvalue weighted by Crippen LogP contribution is 2.43. The molecule has 0 bridgehead atoms. The van der Waals surface area contributed by atoms with Gasteiger partial charge < -0.3 is 14.7 Å². The van der Waals surface area contributed by atoms with Crippen molar-refractivity contribution in [3.05, 3.63) is 62.9 Å². The summed E-state index contributed by atoms with van der Waals surface area (Å²) in [7, 11) is 0. The molecule has 0 spiro atoms. The fourth-order valence-electron chi connectivity index (χ4n) is 4.00. The number of thiophene rings is 1. The number of benzene rings is 1. The van der Waals surface area contributed by atoms with E-state index in [0.717, 1.165) is 28.8 Å². The van der Waals surface area contributed by atoms with E-state index in [0.29, 0.717) is 19.5 Å². The highest BCUT2D eigenvalue weighted by molar-refractivity contribution is 7.10. The van der Waals surface area contributed by atoms with E-state index in [2.05, 4.69) is 18.2 Å². The van der Waals surface area contributed by atoms with E-state index < -0.39 is 16.0 Å². The summed E-state index contributed by atoms with van der Waals surface area (Å²) >= 11 is 18.6. The van der Waals surface area contributed by atoms with Crippen molar-refractivity contribution in [2.75, 3.05) is 19.7 Å². The molecule has 1 amide bonds. The quantitative estimate of drug-likeness (QED) is 0.538. The van der Waals surface area contributed by atoms with E-state index >= 15 is 0 Å². The Balaban J connectivity index is 1.61. The van der Waals surface area contributed by atoms with Gasteiger partial charge in [0.2, 0.25) is 3.79 Å². The van der Waals surface area contributed by atoms with Gasteiger partial charge in [0.15, 0.2) is 0 Å². The maximum absolute atomic E-state index is 12.3. The Bertz CT molecular complexity index is 941. The molecule has 1 atom stereocenters. The number of halogens is 3. The largest absolute Gasteiger partial charge is 0.445 e. The van der Waals surface area contributed by atoms with E-state index in [9.17, 15) is 9.90 Å². The monoisotopic (exact) mass is 471 g/mol. The van der Waals surface area contributed by atoms with Crippen LogP contribution in [-0.2, 0) is 11.2 Å². The third-order valence-electron chi connectivity index (χ3n) is 5.31. The van der Waals surface area contributed by atoms with Gasteiger partial charge in [0.05, 0.1) is 6.10 Å². The van der Waals surface area contributed by atoms with Gasteiger partial charge >= 0.3 is 6.09 Å². The molecule has 2 aromatic rings. The summed E-state index contributed by atoms with van der Waals surface area (Å²) < 4.78 is 3.49. The van der Waals surface area contributed by atoms with Crippen molar-refractivity contribution in [3.8, 4) is 0 Å². The van der Waals surface area contributed by atoms with Crippen LogP contribution < -0.4 is 0 Å². The number of piperidine rings is 1. The van der Waals surface area contributed by atoms with Crippen molar-refractivity contribution in [1.82, 2.24) is 4.90 Å². The van der Waals surface area contributed by atoms with Crippen LogP contribution in [-0.4, -0.2) is 39.6 Å². The highest BCUT2D eigenvalue weighted by Gasteiger charge is 2.30. The Kier molecular flexibility index (Phi) is 6.14. The first kappa shape index (κ1) is 21.0. The van der Waals surface area contributed by atoms with Gasteiger partial charge in [0, 0.05) is 24.4 Å². The molecule has 1 N–H and O–H groups in total. The number of ether oxygens (including phenoxy) is 1. The molecule has 2 aliphatic rings. The summed E-state index contributed by atoms with van der Waals surface area (Å²) in [6.45, 7) is 0.813. The highest BCUT2D eigenvalue weighted by atomic mass is 35.6. The van der Waals surface area contributed by atoms with Gasteiger partial charge in [-0.25, -0.2) is 4.79 Å². The SMILES string of the molecule is O=C(OCC(Cl)(Cl)Cl)N1CCC(=C2c3ccccc3C[C@@H](O)c3sccc32)CC1. The number of aliphatic hydroxyl groups excluding tert-OH is 1. The van der Waals surface area contributed by atoms with Crippen molar-refractivity contribution in [2.45, 2.75) is 29.2 Å². The summed E-state index contributed by atoms with van der Waals surface area (Å²) in [5.74, 6) is 0. The average molecular weight is 473 g/mol. The van der Waals surface area contributed by atoms with Crippen LogP contribution in [0.2, 0.25) is 0 Å². The number of likely N-dealkylation sites (tertiary alicyclic amines) is 1. The van der Waals surface area contributed by atoms with Crippen LogP contribution in [0.3, 0.4) is 0 Å². The lowest BCUT2D eigenvalue weighted by Gasteiger charge is -2.30. The zero-order valence-corrected chi connectivity index (χ0v) is 18.6. The predicted molar refractivity (Wildman–Crippen MR) is 118 cm³/mol. The minimum atomic E-state index is -1.61. The third kappa shape index (κ3) is 4.59.